The Morgan fingerprint density at radius 2 is 2.11 bits per heavy atom. The summed E-state index contributed by atoms with van der Waals surface area (Å²) in [7, 11) is 1.86. The summed E-state index contributed by atoms with van der Waals surface area (Å²) in [4.78, 5) is 4.18. The number of halogens is 3. The average molecular weight is 316 g/mol. The van der Waals surface area contributed by atoms with E-state index in [1.54, 1.807) is 6.20 Å². The molecule has 1 N–H and O–H groups in total. The second-order valence-electron chi connectivity index (χ2n) is 4.01. The second-order valence-corrected chi connectivity index (χ2v) is 4.86. The molecule has 0 aliphatic heterocycles. The van der Waals surface area contributed by atoms with Crippen LogP contribution in [0.2, 0.25) is 0 Å². The standard InChI is InChI=1S/C12H12BrF2N3/c1-7(12-16-3-4-18(12)2)17-11-9(13)5-8(14)6-10(11)15/h3-7,17H,1-2H3. The van der Waals surface area contributed by atoms with Crippen molar-refractivity contribution in [3.63, 3.8) is 0 Å². The maximum Gasteiger partial charge on any atom is 0.150 e. The van der Waals surface area contributed by atoms with Crippen LogP contribution in [0.15, 0.2) is 29.0 Å². The van der Waals surface area contributed by atoms with E-state index in [2.05, 4.69) is 26.2 Å². The molecule has 3 nitrogen and oxygen atoms in total. The number of nitrogens with one attached hydrogen (secondary N) is 1. The van der Waals surface area contributed by atoms with Gasteiger partial charge in [-0.2, -0.15) is 0 Å². The lowest BCUT2D eigenvalue weighted by molar-refractivity contribution is 0.581. The number of hydrogen-bond donors (Lipinski definition) is 1. The maximum atomic E-state index is 13.7. The van der Waals surface area contributed by atoms with Gasteiger partial charge in [-0.1, -0.05) is 0 Å². The first kappa shape index (κ1) is 13.0. The van der Waals surface area contributed by atoms with Crippen LogP contribution in [-0.2, 0) is 7.05 Å². The molecular formula is C12H12BrF2N3. The molecule has 96 valence electrons. The minimum Gasteiger partial charge on any atom is -0.372 e. The van der Waals surface area contributed by atoms with Gasteiger partial charge in [0.15, 0.2) is 0 Å². The van der Waals surface area contributed by atoms with Crippen LogP contribution < -0.4 is 5.32 Å². The van der Waals surface area contributed by atoms with Crippen molar-refractivity contribution < 1.29 is 8.78 Å². The minimum absolute atomic E-state index is 0.193. The normalized spacial score (nSPS) is 12.5. The van der Waals surface area contributed by atoms with E-state index in [4.69, 9.17) is 0 Å². The molecule has 0 aliphatic carbocycles. The molecule has 0 saturated heterocycles. The summed E-state index contributed by atoms with van der Waals surface area (Å²) in [5, 5.41) is 2.98. The van der Waals surface area contributed by atoms with E-state index in [1.807, 2.05) is 24.7 Å². The molecule has 6 heteroatoms. The highest BCUT2D eigenvalue weighted by atomic mass is 79.9. The highest BCUT2D eigenvalue weighted by Gasteiger charge is 2.15. The van der Waals surface area contributed by atoms with Crippen molar-refractivity contribution in [1.82, 2.24) is 9.55 Å². The highest BCUT2D eigenvalue weighted by Crippen LogP contribution is 2.29. The Kier molecular flexibility index (Phi) is 3.65. The molecule has 0 spiro atoms. The Bertz CT molecular complexity index is 545. The predicted molar refractivity (Wildman–Crippen MR) is 69.3 cm³/mol. The van der Waals surface area contributed by atoms with Gasteiger partial charge in [-0.05, 0) is 28.9 Å². The van der Waals surface area contributed by atoms with Crippen molar-refractivity contribution in [3.05, 3.63) is 46.5 Å². The van der Waals surface area contributed by atoms with Crippen molar-refractivity contribution in [2.45, 2.75) is 13.0 Å². The van der Waals surface area contributed by atoms with Crippen LogP contribution in [0.25, 0.3) is 0 Å². The molecule has 0 fully saturated rings. The zero-order valence-corrected chi connectivity index (χ0v) is 11.5. The third-order valence-corrected chi connectivity index (χ3v) is 3.24. The lowest BCUT2D eigenvalue weighted by Crippen LogP contribution is -2.13. The van der Waals surface area contributed by atoms with Crippen LogP contribution in [0.1, 0.15) is 18.8 Å². The molecule has 0 bridgehead atoms. The van der Waals surface area contributed by atoms with Crippen molar-refractivity contribution in [1.29, 1.82) is 0 Å². The number of nitrogens with zero attached hydrogens (tertiary/aromatic N) is 2. The molecule has 1 aromatic carbocycles. The lowest BCUT2D eigenvalue weighted by Gasteiger charge is -2.17. The van der Waals surface area contributed by atoms with Crippen LogP contribution >= 0.6 is 15.9 Å². The number of benzene rings is 1. The SMILES string of the molecule is CC(Nc1c(F)cc(F)cc1Br)c1nccn1C. The van der Waals surface area contributed by atoms with Gasteiger partial charge in [-0.15, -0.1) is 0 Å². The fraction of sp³-hybridized carbons (Fsp3) is 0.250. The van der Waals surface area contributed by atoms with E-state index in [0.717, 1.165) is 11.9 Å². The molecule has 1 aromatic heterocycles. The van der Waals surface area contributed by atoms with Crippen LogP contribution in [0.4, 0.5) is 14.5 Å². The van der Waals surface area contributed by atoms with E-state index < -0.39 is 11.6 Å². The summed E-state index contributed by atoms with van der Waals surface area (Å²) >= 11 is 3.14. The van der Waals surface area contributed by atoms with Gasteiger partial charge in [0.1, 0.15) is 17.5 Å². The molecule has 1 unspecified atom stereocenters. The third kappa shape index (κ3) is 2.53. The van der Waals surface area contributed by atoms with Gasteiger partial charge in [0, 0.05) is 30.0 Å². The number of rotatable bonds is 3. The van der Waals surface area contributed by atoms with Gasteiger partial charge < -0.3 is 9.88 Å². The number of aromatic nitrogens is 2. The van der Waals surface area contributed by atoms with Crippen LogP contribution in [0.5, 0.6) is 0 Å². The van der Waals surface area contributed by atoms with Gasteiger partial charge in [0.05, 0.1) is 11.7 Å². The van der Waals surface area contributed by atoms with Gasteiger partial charge in [0.25, 0.3) is 0 Å². The Morgan fingerprint density at radius 1 is 1.39 bits per heavy atom. The number of anilines is 1. The summed E-state index contributed by atoms with van der Waals surface area (Å²) in [5.41, 5.74) is 0.229. The van der Waals surface area contributed by atoms with E-state index in [-0.39, 0.29) is 11.7 Å². The van der Waals surface area contributed by atoms with Crippen molar-refractivity contribution in [2.75, 3.05) is 5.32 Å². The topological polar surface area (TPSA) is 29.9 Å². The Morgan fingerprint density at radius 3 is 2.67 bits per heavy atom. The molecule has 2 rings (SSSR count). The van der Waals surface area contributed by atoms with E-state index >= 15 is 0 Å². The monoisotopic (exact) mass is 315 g/mol. The number of aryl methyl sites for hydroxylation is 1. The molecule has 2 aromatic rings. The predicted octanol–water partition coefficient (Wildman–Crippen LogP) is 3.63. The molecule has 0 radical (unpaired) electrons. The van der Waals surface area contributed by atoms with E-state index in [9.17, 15) is 8.78 Å². The first-order valence-corrected chi connectivity index (χ1v) is 6.16. The van der Waals surface area contributed by atoms with Gasteiger partial charge in [-0.3, -0.25) is 0 Å². The third-order valence-electron chi connectivity index (χ3n) is 2.61. The van der Waals surface area contributed by atoms with Crippen LogP contribution in [-0.4, -0.2) is 9.55 Å². The fourth-order valence-corrected chi connectivity index (χ4v) is 2.28. The number of imidazole rings is 1. The van der Waals surface area contributed by atoms with E-state index in [1.165, 1.54) is 6.07 Å². The first-order valence-electron chi connectivity index (χ1n) is 5.37. The first-order chi connectivity index (χ1) is 8.49. The smallest absolute Gasteiger partial charge is 0.150 e. The molecule has 1 atom stereocenters. The average Bonchev–Trinajstić information content (AvgIpc) is 2.69. The number of hydrogen-bond acceptors (Lipinski definition) is 2. The molecule has 0 amide bonds. The maximum absolute atomic E-state index is 13.7. The summed E-state index contributed by atoms with van der Waals surface area (Å²) < 4.78 is 28.8. The highest BCUT2D eigenvalue weighted by molar-refractivity contribution is 9.10. The zero-order chi connectivity index (χ0) is 13.3. The zero-order valence-electron chi connectivity index (χ0n) is 9.92. The second kappa shape index (κ2) is 5.06. The molecule has 0 saturated carbocycles. The fourth-order valence-electron chi connectivity index (χ4n) is 1.76. The quantitative estimate of drug-likeness (QED) is 0.937. The minimum atomic E-state index is -0.636. The molecular weight excluding hydrogens is 304 g/mol. The molecule has 1 heterocycles. The Balaban J connectivity index is 2.27. The summed E-state index contributed by atoms with van der Waals surface area (Å²) in [6.45, 7) is 1.86. The van der Waals surface area contributed by atoms with Gasteiger partial charge >= 0.3 is 0 Å². The summed E-state index contributed by atoms with van der Waals surface area (Å²) in [6, 6.07) is 1.87. The molecule has 0 aliphatic rings. The van der Waals surface area contributed by atoms with Crippen LogP contribution in [0.3, 0.4) is 0 Å². The van der Waals surface area contributed by atoms with Gasteiger partial charge in [-0.25, -0.2) is 13.8 Å². The van der Waals surface area contributed by atoms with Gasteiger partial charge in [0.2, 0.25) is 0 Å². The van der Waals surface area contributed by atoms with Crippen molar-refractivity contribution >= 4 is 21.6 Å². The van der Waals surface area contributed by atoms with Crippen molar-refractivity contribution in [3.8, 4) is 0 Å². The van der Waals surface area contributed by atoms with Crippen LogP contribution in [0, 0.1) is 11.6 Å². The van der Waals surface area contributed by atoms with E-state index in [0.29, 0.717) is 4.47 Å². The largest absolute Gasteiger partial charge is 0.372 e. The Labute approximate surface area is 112 Å². The molecule has 18 heavy (non-hydrogen) atoms. The van der Waals surface area contributed by atoms with Crippen molar-refractivity contribution in [2.24, 2.45) is 7.05 Å². The summed E-state index contributed by atoms with van der Waals surface area (Å²) in [6.07, 6.45) is 3.48. The lowest BCUT2D eigenvalue weighted by atomic mass is 10.2. The Hall–Kier alpha value is -1.43. The summed E-state index contributed by atoms with van der Waals surface area (Å²) in [5.74, 6) is -0.483.